The minimum Gasteiger partial charge on any atom is -0.328 e. The number of anilines is 1. The van der Waals surface area contributed by atoms with Crippen LogP contribution in [0.4, 0.5) is 11.6 Å². The van der Waals surface area contributed by atoms with E-state index < -0.39 is 11.0 Å². The van der Waals surface area contributed by atoms with Gasteiger partial charge in [0.2, 0.25) is 5.95 Å². The summed E-state index contributed by atoms with van der Waals surface area (Å²) in [6.45, 7) is 3.18. The van der Waals surface area contributed by atoms with Crippen LogP contribution in [0.1, 0.15) is 25.5 Å². The van der Waals surface area contributed by atoms with Crippen LogP contribution in [0, 0.1) is 10.1 Å². The Balaban J connectivity index is 2.28. The molecule has 2 heterocycles. The molecule has 0 fully saturated rings. The van der Waals surface area contributed by atoms with Crippen LogP contribution in [0.5, 0.6) is 0 Å². The molecule has 1 aliphatic heterocycles. The fourth-order valence-corrected chi connectivity index (χ4v) is 2.72. The molecular formula is C14H13N5O3. The number of allylic oxidation sites excluding steroid dienone is 2. The van der Waals surface area contributed by atoms with E-state index in [0.717, 1.165) is 0 Å². The largest absolute Gasteiger partial charge is 0.328 e. The molecule has 22 heavy (non-hydrogen) atoms. The number of rotatable bonds is 3. The van der Waals surface area contributed by atoms with Crippen molar-refractivity contribution in [3.8, 4) is 0 Å². The highest BCUT2D eigenvalue weighted by atomic mass is 16.6. The van der Waals surface area contributed by atoms with Crippen molar-refractivity contribution in [2.24, 2.45) is 0 Å². The molecule has 1 aromatic heterocycles. The van der Waals surface area contributed by atoms with Crippen LogP contribution in [0.15, 0.2) is 41.9 Å². The summed E-state index contributed by atoms with van der Waals surface area (Å²) in [7, 11) is 0. The minimum absolute atomic E-state index is 0.0533. The second-order valence-corrected chi connectivity index (χ2v) is 4.97. The van der Waals surface area contributed by atoms with Crippen LogP contribution in [0.3, 0.4) is 0 Å². The predicted octanol–water partition coefficient (Wildman–Crippen LogP) is 2.06. The van der Waals surface area contributed by atoms with E-state index in [1.165, 1.54) is 24.0 Å². The van der Waals surface area contributed by atoms with Gasteiger partial charge in [0.15, 0.2) is 5.78 Å². The van der Waals surface area contributed by atoms with E-state index in [1.54, 1.807) is 25.1 Å². The highest BCUT2D eigenvalue weighted by molar-refractivity contribution is 5.96. The number of carbonyl (C=O) groups excluding carboxylic acids is 1. The van der Waals surface area contributed by atoms with Crippen molar-refractivity contribution in [3.63, 3.8) is 0 Å². The van der Waals surface area contributed by atoms with Crippen LogP contribution < -0.4 is 5.32 Å². The fraction of sp³-hybridized carbons (Fsp3) is 0.214. The topological polar surface area (TPSA) is 103 Å². The first-order valence-electron chi connectivity index (χ1n) is 6.62. The van der Waals surface area contributed by atoms with Crippen LogP contribution in [-0.2, 0) is 4.79 Å². The predicted molar refractivity (Wildman–Crippen MR) is 78.3 cm³/mol. The zero-order chi connectivity index (χ0) is 15.9. The van der Waals surface area contributed by atoms with Gasteiger partial charge in [-0.15, -0.1) is 0 Å². The second kappa shape index (κ2) is 5.06. The number of aromatic nitrogens is 3. The van der Waals surface area contributed by atoms with Gasteiger partial charge in [0.25, 0.3) is 5.69 Å². The van der Waals surface area contributed by atoms with Crippen LogP contribution >= 0.6 is 0 Å². The number of benzene rings is 1. The lowest BCUT2D eigenvalue weighted by Gasteiger charge is -2.27. The zero-order valence-electron chi connectivity index (χ0n) is 12.0. The van der Waals surface area contributed by atoms with Gasteiger partial charge in [0.05, 0.1) is 10.5 Å². The number of nitrogens with one attached hydrogen (secondary N) is 1. The number of hydrogen-bond donors (Lipinski definition) is 1. The summed E-state index contributed by atoms with van der Waals surface area (Å²) in [6, 6.07) is 5.68. The Morgan fingerprint density at radius 1 is 1.41 bits per heavy atom. The summed E-state index contributed by atoms with van der Waals surface area (Å²) < 4.78 is 1.49. The first-order valence-corrected chi connectivity index (χ1v) is 6.62. The molecule has 8 nitrogen and oxygen atoms in total. The number of para-hydroxylation sites is 1. The number of carbonyl (C=O) groups is 1. The van der Waals surface area contributed by atoms with Crippen molar-refractivity contribution in [3.05, 3.63) is 57.5 Å². The number of Topliss-reactive ketones (excluding diaryl/α,β-unsaturated/α-hetero) is 1. The molecule has 8 heteroatoms. The molecule has 0 saturated heterocycles. The van der Waals surface area contributed by atoms with Gasteiger partial charge in [0, 0.05) is 17.3 Å². The Morgan fingerprint density at radius 3 is 2.82 bits per heavy atom. The lowest BCUT2D eigenvalue weighted by molar-refractivity contribution is -0.385. The summed E-state index contributed by atoms with van der Waals surface area (Å²) in [5.74, 6) is 0.278. The average molecular weight is 299 g/mol. The molecule has 0 radical (unpaired) electrons. The van der Waals surface area contributed by atoms with Crippen molar-refractivity contribution < 1.29 is 9.72 Å². The van der Waals surface area contributed by atoms with E-state index in [1.807, 2.05) is 0 Å². The number of nitro groups is 1. The number of ketones is 1. The Kier molecular flexibility index (Phi) is 3.21. The summed E-state index contributed by atoms with van der Waals surface area (Å²) in [5.41, 5.74) is 1.41. The molecule has 2 aromatic rings. The Morgan fingerprint density at radius 2 is 2.14 bits per heavy atom. The molecule has 0 unspecified atom stereocenters. The third-order valence-electron chi connectivity index (χ3n) is 3.60. The highest BCUT2D eigenvalue weighted by Gasteiger charge is 2.35. The van der Waals surface area contributed by atoms with Crippen LogP contribution in [0.25, 0.3) is 0 Å². The highest BCUT2D eigenvalue weighted by Crippen LogP contribution is 2.38. The van der Waals surface area contributed by atoms with Crippen molar-refractivity contribution in [2.75, 3.05) is 5.32 Å². The molecule has 1 N–H and O–H groups in total. The maximum atomic E-state index is 12.1. The average Bonchev–Trinajstić information content (AvgIpc) is 2.93. The molecule has 0 aliphatic carbocycles. The maximum absolute atomic E-state index is 12.1. The van der Waals surface area contributed by atoms with Crippen LogP contribution in [-0.4, -0.2) is 25.5 Å². The van der Waals surface area contributed by atoms with E-state index in [-0.39, 0.29) is 11.5 Å². The molecule has 1 aliphatic rings. The molecule has 0 spiro atoms. The molecule has 1 atom stereocenters. The van der Waals surface area contributed by atoms with E-state index in [4.69, 9.17) is 0 Å². The first kappa shape index (κ1) is 13.9. The van der Waals surface area contributed by atoms with Gasteiger partial charge in [-0.2, -0.15) is 10.1 Å². The molecule has 0 bridgehead atoms. The standard InChI is InChI=1S/C14H13N5O3/c1-8-12(9(2)20)13(18-14(17-8)15-7-16-18)10-5-3-4-6-11(10)19(21)22/h3-7,13H,1-2H3,(H,15,16,17)/t13-/m1/s1. The van der Waals surface area contributed by atoms with Crippen molar-refractivity contribution in [1.29, 1.82) is 0 Å². The summed E-state index contributed by atoms with van der Waals surface area (Å²) in [5, 5.41) is 18.4. The SMILES string of the molecule is CC(=O)C1=C(C)Nc2ncnn2[C@@H]1c1ccccc1[N+](=O)[O-]. The zero-order valence-corrected chi connectivity index (χ0v) is 12.0. The molecule has 0 saturated carbocycles. The van der Waals surface area contributed by atoms with Crippen molar-refractivity contribution in [2.45, 2.75) is 19.9 Å². The second-order valence-electron chi connectivity index (χ2n) is 4.97. The smallest absolute Gasteiger partial charge is 0.275 e. The number of nitrogens with zero attached hydrogens (tertiary/aromatic N) is 4. The normalized spacial score (nSPS) is 16.9. The Labute approximate surface area is 125 Å². The summed E-state index contributed by atoms with van der Waals surface area (Å²) in [6.07, 6.45) is 1.35. The van der Waals surface area contributed by atoms with Gasteiger partial charge in [-0.05, 0) is 19.9 Å². The van der Waals surface area contributed by atoms with E-state index in [2.05, 4.69) is 15.4 Å². The van der Waals surface area contributed by atoms with E-state index in [0.29, 0.717) is 22.8 Å². The van der Waals surface area contributed by atoms with E-state index >= 15 is 0 Å². The monoisotopic (exact) mass is 299 g/mol. The Bertz CT molecular complexity index is 808. The van der Waals surface area contributed by atoms with Crippen molar-refractivity contribution >= 4 is 17.4 Å². The molecule has 0 amide bonds. The first-order chi connectivity index (χ1) is 10.5. The number of hydrogen-bond acceptors (Lipinski definition) is 6. The molecule has 1 aromatic carbocycles. The lowest BCUT2D eigenvalue weighted by atomic mass is 9.92. The van der Waals surface area contributed by atoms with Gasteiger partial charge in [-0.3, -0.25) is 14.9 Å². The molecular weight excluding hydrogens is 286 g/mol. The Hall–Kier alpha value is -3.03. The van der Waals surface area contributed by atoms with Gasteiger partial charge >= 0.3 is 0 Å². The molecule has 112 valence electrons. The number of fused-ring (bicyclic) bond motifs is 1. The maximum Gasteiger partial charge on any atom is 0.275 e. The van der Waals surface area contributed by atoms with Gasteiger partial charge in [-0.1, -0.05) is 12.1 Å². The van der Waals surface area contributed by atoms with Gasteiger partial charge in [0.1, 0.15) is 12.4 Å². The van der Waals surface area contributed by atoms with E-state index in [9.17, 15) is 14.9 Å². The lowest BCUT2D eigenvalue weighted by Crippen LogP contribution is -2.28. The third-order valence-corrected chi connectivity index (χ3v) is 3.60. The number of nitro benzene ring substituents is 1. The van der Waals surface area contributed by atoms with Crippen molar-refractivity contribution in [1.82, 2.24) is 14.8 Å². The quantitative estimate of drug-likeness (QED) is 0.687. The molecule has 3 rings (SSSR count). The van der Waals surface area contributed by atoms with Gasteiger partial charge < -0.3 is 5.32 Å². The fourth-order valence-electron chi connectivity index (χ4n) is 2.72. The minimum atomic E-state index is -0.669. The van der Waals surface area contributed by atoms with Gasteiger partial charge in [-0.25, -0.2) is 4.68 Å². The van der Waals surface area contributed by atoms with Crippen LogP contribution in [0.2, 0.25) is 0 Å². The third kappa shape index (κ3) is 2.05. The summed E-state index contributed by atoms with van der Waals surface area (Å²) >= 11 is 0. The summed E-state index contributed by atoms with van der Waals surface area (Å²) in [4.78, 5) is 27.0.